The molecule has 0 spiro atoms. The van der Waals surface area contributed by atoms with E-state index in [4.69, 9.17) is 4.42 Å². The molecule has 136 valence electrons. The number of halogens is 1. The number of guanidine groups is 1. The Labute approximate surface area is 164 Å². The van der Waals surface area contributed by atoms with E-state index in [0.717, 1.165) is 41.7 Å². The Morgan fingerprint density at radius 3 is 2.72 bits per heavy atom. The molecular weight excluding hydrogens is 431 g/mol. The Morgan fingerprint density at radius 2 is 2.04 bits per heavy atom. The highest BCUT2D eigenvalue weighted by molar-refractivity contribution is 14.0. The van der Waals surface area contributed by atoms with E-state index in [1.807, 2.05) is 25.1 Å². The number of hydrogen-bond acceptors (Lipinski definition) is 3. The van der Waals surface area contributed by atoms with E-state index in [-0.39, 0.29) is 36.4 Å². The predicted octanol–water partition coefficient (Wildman–Crippen LogP) is 2.69. The van der Waals surface area contributed by atoms with E-state index in [1.54, 1.807) is 0 Å². The Hall–Kier alpha value is -1.77. The van der Waals surface area contributed by atoms with E-state index in [9.17, 15) is 4.79 Å². The zero-order valence-corrected chi connectivity index (χ0v) is 16.9. The molecule has 1 fully saturated rings. The van der Waals surface area contributed by atoms with Crippen molar-refractivity contribution in [3.63, 3.8) is 0 Å². The zero-order valence-electron chi connectivity index (χ0n) is 14.6. The fourth-order valence-electron chi connectivity index (χ4n) is 2.55. The van der Waals surface area contributed by atoms with Crippen molar-refractivity contribution in [2.24, 2.45) is 4.99 Å². The smallest absolute Gasteiger partial charge is 0.242 e. The van der Waals surface area contributed by atoms with Gasteiger partial charge in [0.25, 0.3) is 0 Å². The van der Waals surface area contributed by atoms with Crippen LogP contribution < -0.4 is 16.0 Å². The van der Waals surface area contributed by atoms with Crippen LogP contribution in [0.3, 0.4) is 0 Å². The molecule has 1 aliphatic rings. The van der Waals surface area contributed by atoms with Crippen molar-refractivity contribution in [3.8, 4) is 0 Å². The number of aryl methyl sites for hydroxylation is 1. The fraction of sp³-hybridized carbons (Fsp3) is 0.444. The first-order chi connectivity index (χ1) is 11.7. The molecule has 1 aromatic carbocycles. The number of nitrogens with one attached hydrogen (secondary N) is 3. The van der Waals surface area contributed by atoms with Gasteiger partial charge in [0.1, 0.15) is 17.9 Å². The van der Waals surface area contributed by atoms with Crippen LogP contribution in [0.1, 0.15) is 31.1 Å². The van der Waals surface area contributed by atoms with Gasteiger partial charge in [0.15, 0.2) is 5.96 Å². The van der Waals surface area contributed by atoms with Crippen LogP contribution in [0.2, 0.25) is 0 Å². The minimum absolute atomic E-state index is 0. The van der Waals surface area contributed by atoms with Crippen LogP contribution in [-0.4, -0.2) is 31.0 Å². The lowest BCUT2D eigenvalue weighted by Crippen LogP contribution is -2.38. The van der Waals surface area contributed by atoms with Crippen LogP contribution in [0.25, 0.3) is 11.0 Å². The highest BCUT2D eigenvalue weighted by atomic mass is 127. The first-order valence-corrected chi connectivity index (χ1v) is 8.46. The lowest BCUT2D eigenvalue weighted by Gasteiger charge is -2.10. The average Bonchev–Trinajstić information content (AvgIpc) is 3.33. The van der Waals surface area contributed by atoms with Gasteiger partial charge in [0, 0.05) is 23.5 Å². The van der Waals surface area contributed by atoms with Crippen molar-refractivity contribution >= 4 is 46.8 Å². The van der Waals surface area contributed by atoms with Crippen molar-refractivity contribution in [3.05, 3.63) is 35.6 Å². The summed E-state index contributed by atoms with van der Waals surface area (Å²) in [5.41, 5.74) is 2.01. The number of furan rings is 1. The maximum Gasteiger partial charge on any atom is 0.242 e. The van der Waals surface area contributed by atoms with Gasteiger partial charge in [-0.3, -0.25) is 4.79 Å². The second kappa shape index (κ2) is 9.07. The third-order valence-corrected chi connectivity index (χ3v) is 4.03. The number of hydrogen-bond donors (Lipinski definition) is 3. The number of benzene rings is 1. The molecule has 6 nitrogen and oxygen atoms in total. The number of amides is 1. The summed E-state index contributed by atoms with van der Waals surface area (Å²) in [6.07, 6.45) is 2.16. The summed E-state index contributed by atoms with van der Waals surface area (Å²) in [6.45, 7) is 5.43. The number of aliphatic imine (C=N–C) groups is 1. The van der Waals surface area contributed by atoms with E-state index >= 15 is 0 Å². The largest absolute Gasteiger partial charge is 0.459 e. The summed E-state index contributed by atoms with van der Waals surface area (Å²) in [4.78, 5) is 16.1. The topological polar surface area (TPSA) is 78.7 Å². The summed E-state index contributed by atoms with van der Waals surface area (Å²) >= 11 is 0. The molecule has 1 heterocycles. The van der Waals surface area contributed by atoms with Crippen molar-refractivity contribution < 1.29 is 9.21 Å². The van der Waals surface area contributed by atoms with E-state index in [0.29, 0.717) is 18.5 Å². The minimum Gasteiger partial charge on any atom is -0.459 e. The van der Waals surface area contributed by atoms with Crippen molar-refractivity contribution in [2.45, 2.75) is 39.3 Å². The summed E-state index contributed by atoms with van der Waals surface area (Å²) < 4.78 is 5.89. The first-order valence-electron chi connectivity index (χ1n) is 8.46. The lowest BCUT2D eigenvalue weighted by molar-refractivity contribution is -0.119. The maximum absolute atomic E-state index is 11.8. The molecule has 0 saturated heterocycles. The third kappa shape index (κ3) is 5.35. The Morgan fingerprint density at radius 1 is 1.28 bits per heavy atom. The number of carbonyl (C=O) groups is 1. The molecule has 1 saturated carbocycles. The summed E-state index contributed by atoms with van der Waals surface area (Å²) in [7, 11) is 0. The van der Waals surface area contributed by atoms with Gasteiger partial charge in [-0.15, -0.1) is 24.0 Å². The normalized spacial score (nSPS) is 14.1. The van der Waals surface area contributed by atoms with Crippen LogP contribution in [0, 0.1) is 6.92 Å². The van der Waals surface area contributed by atoms with Crippen LogP contribution in [0.5, 0.6) is 0 Å². The van der Waals surface area contributed by atoms with Gasteiger partial charge in [-0.05, 0) is 32.8 Å². The molecule has 0 unspecified atom stereocenters. The average molecular weight is 456 g/mol. The summed E-state index contributed by atoms with van der Waals surface area (Å²) in [5.74, 6) is 1.46. The molecular formula is C18H25IN4O2. The van der Waals surface area contributed by atoms with Gasteiger partial charge in [-0.25, -0.2) is 4.99 Å². The molecule has 1 aromatic heterocycles. The molecule has 2 aromatic rings. The molecule has 0 bridgehead atoms. The van der Waals surface area contributed by atoms with Crippen LogP contribution in [0.4, 0.5) is 0 Å². The Balaban J connectivity index is 0.00000225. The quantitative estimate of drug-likeness (QED) is 0.355. The molecule has 0 atom stereocenters. The number of rotatable bonds is 6. The molecule has 1 aliphatic carbocycles. The number of para-hydroxylation sites is 1. The number of nitrogens with zero attached hydrogens (tertiary/aromatic N) is 1. The van der Waals surface area contributed by atoms with Gasteiger partial charge in [0.05, 0.1) is 6.54 Å². The molecule has 25 heavy (non-hydrogen) atoms. The minimum atomic E-state index is -0.0328. The Kier molecular flexibility index (Phi) is 7.10. The molecule has 3 rings (SSSR count). The second-order valence-electron chi connectivity index (χ2n) is 6.04. The summed E-state index contributed by atoms with van der Waals surface area (Å²) in [6, 6.07) is 8.35. The molecule has 0 radical (unpaired) electrons. The van der Waals surface area contributed by atoms with Crippen molar-refractivity contribution in [1.82, 2.24) is 16.0 Å². The molecule has 3 N–H and O–H groups in total. The fourth-order valence-corrected chi connectivity index (χ4v) is 2.55. The molecule has 1 amide bonds. The van der Waals surface area contributed by atoms with Crippen molar-refractivity contribution in [2.75, 3.05) is 13.1 Å². The van der Waals surface area contributed by atoms with E-state index < -0.39 is 0 Å². The maximum atomic E-state index is 11.8. The van der Waals surface area contributed by atoms with Crippen LogP contribution in [0.15, 0.2) is 33.7 Å². The van der Waals surface area contributed by atoms with Gasteiger partial charge < -0.3 is 20.4 Å². The first kappa shape index (κ1) is 19.6. The second-order valence-corrected chi connectivity index (χ2v) is 6.04. The van der Waals surface area contributed by atoms with E-state index in [2.05, 4.69) is 33.9 Å². The predicted molar refractivity (Wildman–Crippen MR) is 110 cm³/mol. The van der Waals surface area contributed by atoms with Gasteiger partial charge >= 0.3 is 0 Å². The number of fused-ring (bicyclic) bond motifs is 1. The zero-order chi connectivity index (χ0) is 16.9. The summed E-state index contributed by atoms with van der Waals surface area (Å²) in [5, 5.41) is 10.4. The van der Waals surface area contributed by atoms with E-state index in [1.165, 1.54) is 0 Å². The molecule has 0 aliphatic heterocycles. The van der Waals surface area contributed by atoms with Gasteiger partial charge in [0.2, 0.25) is 5.91 Å². The SMILES string of the molecule is CCNC(=NCC(=O)NC1CC1)NCc1oc2ccccc2c1C.I. The highest BCUT2D eigenvalue weighted by Gasteiger charge is 2.22. The highest BCUT2D eigenvalue weighted by Crippen LogP contribution is 2.24. The van der Waals surface area contributed by atoms with Crippen LogP contribution >= 0.6 is 24.0 Å². The lowest BCUT2D eigenvalue weighted by atomic mass is 10.1. The standard InChI is InChI=1S/C18H24N4O2.HI/c1-3-19-18(21-11-17(23)22-13-8-9-13)20-10-16-12(2)14-6-4-5-7-15(14)24-16;/h4-7,13H,3,8-11H2,1-2H3,(H,22,23)(H2,19,20,21);1H. The molecule has 7 heteroatoms. The third-order valence-electron chi connectivity index (χ3n) is 4.03. The monoisotopic (exact) mass is 456 g/mol. The van der Waals surface area contributed by atoms with Crippen molar-refractivity contribution in [1.29, 1.82) is 0 Å². The van der Waals surface area contributed by atoms with Crippen LogP contribution in [-0.2, 0) is 11.3 Å². The van der Waals surface area contributed by atoms with Gasteiger partial charge in [-0.1, -0.05) is 18.2 Å². The Bertz CT molecular complexity index is 753. The number of carbonyl (C=O) groups excluding carboxylic acids is 1. The van der Waals surface area contributed by atoms with Gasteiger partial charge in [-0.2, -0.15) is 0 Å².